The molecule has 1 saturated heterocycles. The number of fused-ring (bicyclic) bond motifs is 1. The molecule has 4 aromatic rings. The van der Waals surface area contributed by atoms with E-state index in [1.54, 1.807) is 0 Å². The Bertz CT molecular complexity index is 1390. The fourth-order valence-electron chi connectivity index (χ4n) is 5.17. The van der Waals surface area contributed by atoms with Gasteiger partial charge >= 0.3 is 0 Å². The Morgan fingerprint density at radius 3 is 2.54 bits per heavy atom. The summed E-state index contributed by atoms with van der Waals surface area (Å²) in [7, 11) is 0. The number of carbonyl (C=O) groups is 1. The van der Waals surface area contributed by atoms with Gasteiger partial charge in [-0.3, -0.25) is 4.79 Å². The molecule has 1 amide bonds. The Hall–Kier alpha value is -3.91. The van der Waals surface area contributed by atoms with Gasteiger partial charge in [0.15, 0.2) is 6.61 Å². The summed E-state index contributed by atoms with van der Waals surface area (Å²) in [4.78, 5) is 11.2. The minimum absolute atomic E-state index is 0.0503. The van der Waals surface area contributed by atoms with Crippen LogP contribution in [-0.2, 0) is 27.5 Å². The van der Waals surface area contributed by atoms with Crippen molar-refractivity contribution in [3.63, 3.8) is 0 Å². The van der Waals surface area contributed by atoms with Gasteiger partial charge in [0.05, 0.1) is 32.5 Å². The van der Waals surface area contributed by atoms with E-state index in [1.165, 1.54) is 11.1 Å². The van der Waals surface area contributed by atoms with Crippen LogP contribution in [0, 0.1) is 0 Å². The summed E-state index contributed by atoms with van der Waals surface area (Å²) in [5.41, 5.74) is 8.76. The van der Waals surface area contributed by atoms with Crippen LogP contribution in [0.1, 0.15) is 35.4 Å². The monoisotopic (exact) mass is 554 g/mol. The first-order valence-corrected chi connectivity index (χ1v) is 14.3. The van der Waals surface area contributed by atoms with Crippen molar-refractivity contribution in [3.8, 4) is 11.5 Å². The first-order valence-electron chi connectivity index (χ1n) is 14.3. The predicted molar refractivity (Wildman–Crippen MR) is 160 cm³/mol. The van der Waals surface area contributed by atoms with E-state index >= 15 is 0 Å². The maximum Gasteiger partial charge on any atom is 0.255 e. The fraction of sp³-hybridized carbons (Fsp3) is 0.324. The average Bonchev–Trinajstić information content (AvgIpc) is 3.01. The third kappa shape index (κ3) is 8.30. The number of nitrogens with one attached hydrogen (secondary N) is 1. The summed E-state index contributed by atoms with van der Waals surface area (Å²) in [6.45, 7) is 4.00. The molecule has 0 aromatic heterocycles. The molecule has 1 fully saturated rings. The van der Waals surface area contributed by atoms with Crippen LogP contribution in [0.25, 0.3) is 10.8 Å². The van der Waals surface area contributed by atoms with Crippen LogP contribution in [0.3, 0.4) is 0 Å². The summed E-state index contributed by atoms with van der Waals surface area (Å²) < 4.78 is 23.8. The first kappa shape index (κ1) is 28.6. The van der Waals surface area contributed by atoms with Crippen LogP contribution in [0.4, 0.5) is 0 Å². The molecule has 0 spiro atoms. The van der Waals surface area contributed by atoms with Gasteiger partial charge in [0.1, 0.15) is 11.5 Å². The molecule has 0 aliphatic carbocycles. The average molecular weight is 555 g/mol. The van der Waals surface area contributed by atoms with Gasteiger partial charge in [-0.1, -0.05) is 66.7 Å². The van der Waals surface area contributed by atoms with Crippen molar-refractivity contribution in [3.05, 3.63) is 108 Å². The largest absolute Gasteiger partial charge is 0.494 e. The van der Waals surface area contributed by atoms with Gasteiger partial charge in [0, 0.05) is 24.3 Å². The van der Waals surface area contributed by atoms with E-state index < -0.39 is 5.91 Å². The first-order chi connectivity index (χ1) is 20.2. The minimum Gasteiger partial charge on any atom is -0.494 e. The highest BCUT2D eigenvalue weighted by molar-refractivity contribution is 5.89. The van der Waals surface area contributed by atoms with Crippen molar-refractivity contribution in [2.75, 3.05) is 32.9 Å². The summed E-state index contributed by atoms with van der Waals surface area (Å²) >= 11 is 0. The zero-order chi connectivity index (χ0) is 28.3. The summed E-state index contributed by atoms with van der Waals surface area (Å²) in [5.74, 6) is 1.31. The van der Waals surface area contributed by atoms with Crippen molar-refractivity contribution >= 4 is 16.7 Å². The topological polar surface area (TPSA) is 92.0 Å². The van der Waals surface area contributed by atoms with Crippen LogP contribution in [0.5, 0.6) is 11.5 Å². The van der Waals surface area contributed by atoms with E-state index in [2.05, 4.69) is 59.9 Å². The van der Waals surface area contributed by atoms with Gasteiger partial charge in [-0.15, -0.1) is 0 Å². The lowest BCUT2D eigenvalue weighted by atomic mass is 9.87. The molecule has 7 nitrogen and oxygen atoms in total. The number of hydrogen-bond acceptors (Lipinski definition) is 6. The van der Waals surface area contributed by atoms with E-state index in [9.17, 15) is 4.79 Å². The zero-order valence-electron chi connectivity index (χ0n) is 23.3. The summed E-state index contributed by atoms with van der Waals surface area (Å²) in [6.07, 6.45) is 1.90. The molecule has 4 aromatic carbocycles. The Balaban J connectivity index is 1.12. The lowest BCUT2D eigenvalue weighted by Gasteiger charge is -2.32. The predicted octanol–water partition coefficient (Wildman–Crippen LogP) is 5.35. The summed E-state index contributed by atoms with van der Waals surface area (Å²) in [6, 6.07) is 30.6. The standard InChI is InChI=1S/C34H38N2O5/c35-34(37)24-41-32-9-4-8-27-11-10-26(20-31(27)32)23-40-33-21-36-17-16-30(33)28-12-14-29(15-13-28)39-19-5-18-38-22-25-6-2-1-3-7-25/h1-4,6-15,20,30,33,36H,5,16-19,21-24H2,(H2,35,37). The quantitative estimate of drug-likeness (QED) is 0.204. The molecule has 1 heterocycles. The van der Waals surface area contributed by atoms with Crippen molar-refractivity contribution < 1.29 is 23.7 Å². The maximum atomic E-state index is 11.2. The third-order valence-electron chi connectivity index (χ3n) is 7.29. The maximum absolute atomic E-state index is 11.2. The second-order valence-electron chi connectivity index (χ2n) is 10.3. The molecule has 1 aliphatic rings. The molecular formula is C34H38N2O5. The summed E-state index contributed by atoms with van der Waals surface area (Å²) in [5, 5.41) is 5.45. The molecule has 214 valence electrons. The number of primary amides is 1. The molecule has 5 rings (SSSR count). The van der Waals surface area contributed by atoms with Gasteiger partial charge in [-0.05, 0) is 59.3 Å². The van der Waals surface area contributed by atoms with Gasteiger partial charge in [-0.2, -0.15) is 0 Å². The van der Waals surface area contributed by atoms with E-state index in [1.807, 2.05) is 36.4 Å². The number of carbonyl (C=O) groups excluding carboxylic acids is 1. The van der Waals surface area contributed by atoms with E-state index in [0.29, 0.717) is 38.1 Å². The van der Waals surface area contributed by atoms with Crippen LogP contribution < -0.4 is 20.5 Å². The van der Waals surface area contributed by atoms with Crippen molar-refractivity contribution in [2.24, 2.45) is 5.73 Å². The van der Waals surface area contributed by atoms with Crippen LogP contribution >= 0.6 is 0 Å². The van der Waals surface area contributed by atoms with Gasteiger partial charge in [0.2, 0.25) is 0 Å². The molecule has 0 bridgehead atoms. The molecule has 0 saturated carbocycles. The highest BCUT2D eigenvalue weighted by Crippen LogP contribution is 2.31. The van der Waals surface area contributed by atoms with Crippen molar-refractivity contribution in [1.29, 1.82) is 0 Å². The van der Waals surface area contributed by atoms with Crippen LogP contribution in [0.15, 0.2) is 91.0 Å². The normalized spacial score (nSPS) is 16.9. The molecule has 3 N–H and O–H groups in total. The molecule has 2 unspecified atom stereocenters. The number of hydrogen-bond donors (Lipinski definition) is 2. The smallest absolute Gasteiger partial charge is 0.255 e. The molecule has 0 radical (unpaired) electrons. The highest BCUT2D eigenvalue weighted by Gasteiger charge is 2.27. The number of piperidine rings is 1. The van der Waals surface area contributed by atoms with E-state index in [0.717, 1.165) is 48.0 Å². The zero-order valence-corrected chi connectivity index (χ0v) is 23.3. The van der Waals surface area contributed by atoms with Crippen LogP contribution in [-0.4, -0.2) is 44.9 Å². The van der Waals surface area contributed by atoms with Crippen LogP contribution in [0.2, 0.25) is 0 Å². The van der Waals surface area contributed by atoms with Gasteiger partial charge < -0.3 is 30.0 Å². The van der Waals surface area contributed by atoms with E-state index in [-0.39, 0.29) is 12.7 Å². The number of nitrogens with two attached hydrogens (primary N) is 1. The molecular weight excluding hydrogens is 516 g/mol. The molecule has 1 aliphatic heterocycles. The minimum atomic E-state index is -0.499. The Labute approximate surface area is 241 Å². The lowest BCUT2D eigenvalue weighted by Crippen LogP contribution is -2.40. The second-order valence-corrected chi connectivity index (χ2v) is 10.3. The van der Waals surface area contributed by atoms with Crippen molar-refractivity contribution in [2.45, 2.75) is 38.1 Å². The third-order valence-corrected chi connectivity index (χ3v) is 7.29. The van der Waals surface area contributed by atoms with E-state index in [4.69, 9.17) is 24.7 Å². The number of rotatable bonds is 14. The Morgan fingerprint density at radius 2 is 1.71 bits per heavy atom. The highest BCUT2D eigenvalue weighted by atomic mass is 16.5. The SMILES string of the molecule is NC(=O)COc1cccc2ccc(COC3CNCCC3c3ccc(OCCCOCc4ccccc4)cc3)cc12. The van der Waals surface area contributed by atoms with Gasteiger partial charge in [-0.25, -0.2) is 0 Å². The Kier molecular flexibility index (Phi) is 10.2. The van der Waals surface area contributed by atoms with Crippen molar-refractivity contribution in [1.82, 2.24) is 5.32 Å². The number of ether oxygens (including phenoxy) is 4. The lowest BCUT2D eigenvalue weighted by molar-refractivity contribution is -0.119. The number of amides is 1. The fourth-order valence-corrected chi connectivity index (χ4v) is 5.17. The molecule has 7 heteroatoms. The van der Waals surface area contributed by atoms with Gasteiger partial charge in [0.25, 0.3) is 5.91 Å². The molecule has 2 atom stereocenters. The molecule has 41 heavy (non-hydrogen) atoms. The second kappa shape index (κ2) is 14.6. The Morgan fingerprint density at radius 1 is 0.854 bits per heavy atom. The number of benzene rings is 4.